The molecule has 27 heavy (non-hydrogen) atoms. The van der Waals surface area contributed by atoms with Gasteiger partial charge in [0.2, 0.25) is 5.91 Å². The van der Waals surface area contributed by atoms with Crippen molar-refractivity contribution in [3.8, 4) is 5.69 Å². The van der Waals surface area contributed by atoms with E-state index in [0.29, 0.717) is 30.8 Å². The Hall–Kier alpha value is -2.71. The number of hydrogen-bond acceptors (Lipinski definition) is 5. The van der Waals surface area contributed by atoms with E-state index in [1.54, 1.807) is 49.4 Å². The van der Waals surface area contributed by atoms with Crippen molar-refractivity contribution in [2.24, 2.45) is 0 Å². The average molecular weight is 371 g/mol. The summed E-state index contributed by atoms with van der Waals surface area (Å²) < 4.78 is 1.64. The number of amides is 2. The van der Waals surface area contributed by atoms with Gasteiger partial charge in [-0.05, 0) is 24.6 Å². The van der Waals surface area contributed by atoms with Gasteiger partial charge in [-0.25, -0.2) is 4.68 Å². The van der Waals surface area contributed by atoms with Crippen LogP contribution in [0.4, 0.5) is 0 Å². The Morgan fingerprint density at radius 3 is 2.74 bits per heavy atom. The molecule has 0 radical (unpaired) electrons. The van der Waals surface area contributed by atoms with Crippen LogP contribution in [0.5, 0.6) is 0 Å². The van der Waals surface area contributed by atoms with Gasteiger partial charge < -0.3 is 15.3 Å². The van der Waals surface area contributed by atoms with Gasteiger partial charge in [0.25, 0.3) is 5.91 Å². The highest BCUT2D eigenvalue weighted by Crippen LogP contribution is 2.16. The highest BCUT2D eigenvalue weighted by Gasteiger charge is 2.30. The van der Waals surface area contributed by atoms with E-state index < -0.39 is 6.10 Å². The molecule has 2 aromatic rings. The van der Waals surface area contributed by atoms with Crippen molar-refractivity contribution in [1.29, 1.82) is 0 Å². The first-order valence-corrected chi connectivity index (χ1v) is 8.96. The number of nitrogens with one attached hydrogen (secondary N) is 1. The van der Waals surface area contributed by atoms with E-state index in [-0.39, 0.29) is 24.4 Å². The van der Waals surface area contributed by atoms with Crippen LogP contribution in [0.2, 0.25) is 0 Å². The molecule has 0 bridgehead atoms. The standard InChI is InChI=1S/C19H25N5O3/c1-22(2)18(26)13-23-11-8-15(17(25)12-23)21-19(27)14-6-3-4-7-16(14)24-10-5-9-20-24/h3-7,9-10,15,17,25H,8,11-13H2,1-2H3,(H,21,27)/t15-,17-/m1/s1. The molecule has 1 aromatic heterocycles. The molecule has 0 saturated carbocycles. The molecule has 144 valence electrons. The second-order valence-corrected chi connectivity index (χ2v) is 6.93. The molecular formula is C19H25N5O3. The third kappa shape index (κ3) is 4.53. The number of aromatic nitrogens is 2. The van der Waals surface area contributed by atoms with E-state index in [1.807, 2.05) is 17.0 Å². The van der Waals surface area contributed by atoms with Gasteiger partial charge >= 0.3 is 0 Å². The number of aliphatic hydroxyl groups is 1. The first-order valence-electron chi connectivity index (χ1n) is 8.96. The third-order valence-electron chi connectivity index (χ3n) is 4.74. The van der Waals surface area contributed by atoms with Gasteiger partial charge in [-0.15, -0.1) is 0 Å². The van der Waals surface area contributed by atoms with Gasteiger partial charge in [-0.3, -0.25) is 14.5 Å². The molecule has 8 nitrogen and oxygen atoms in total. The second kappa shape index (κ2) is 8.32. The zero-order chi connectivity index (χ0) is 19.4. The van der Waals surface area contributed by atoms with E-state index in [2.05, 4.69) is 10.4 Å². The fourth-order valence-corrected chi connectivity index (χ4v) is 3.16. The fourth-order valence-electron chi connectivity index (χ4n) is 3.16. The number of benzene rings is 1. The Kier molecular flexibility index (Phi) is 5.88. The summed E-state index contributed by atoms with van der Waals surface area (Å²) in [6, 6.07) is 8.66. The molecule has 1 aromatic carbocycles. The molecule has 2 heterocycles. The van der Waals surface area contributed by atoms with Crippen LogP contribution >= 0.6 is 0 Å². The fraction of sp³-hybridized carbons (Fsp3) is 0.421. The summed E-state index contributed by atoms with van der Waals surface area (Å²) >= 11 is 0. The molecule has 1 aliphatic heterocycles. The Morgan fingerprint density at radius 1 is 1.30 bits per heavy atom. The minimum atomic E-state index is -0.727. The van der Waals surface area contributed by atoms with Crippen LogP contribution in [-0.4, -0.2) is 82.4 Å². The van der Waals surface area contributed by atoms with Crippen molar-refractivity contribution in [3.63, 3.8) is 0 Å². The van der Waals surface area contributed by atoms with E-state index in [9.17, 15) is 14.7 Å². The van der Waals surface area contributed by atoms with Gasteiger partial charge in [-0.1, -0.05) is 12.1 Å². The number of carbonyl (C=O) groups excluding carboxylic acids is 2. The number of rotatable bonds is 5. The molecular weight excluding hydrogens is 346 g/mol. The molecule has 1 aliphatic rings. The molecule has 8 heteroatoms. The quantitative estimate of drug-likeness (QED) is 0.779. The van der Waals surface area contributed by atoms with Crippen LogP contribution in [0, 0.1) is 0 Å². The Bertz CT molecular complexity index is 790. The van der Waals surface area contributed by atoms with E-state index in [1.165, 1.54) is 4.90 Å². The molecule has 0 spiro atoms. The first kappa shape index (κ1) is 19.1. The summed E-state index contributed by atoms with van der Waals surface area (Å²) in [5.41, 5.74) is 1.18. The van der Waals surface area contributed by atoms with Crippen molar-refractivity contribution in [2.75, 3.05) is 33.7 Å². The molecule has 2 atom stereocenters. The normalized spacial score (nSPS) is 20.3. The minimum Gasteiger partial charge on any atom is -0.390 e. The van der Waals surface area contributed by atoms with Gasteiger partial charge in [0.15, 0.2) is 0 Å². The largest absolute Gasteiger partial charge is 0.390 e. The number of likely N-dealkylation sites (tertiary alicyclic amines) is 1. The SMILES string of the molecule is CN(C)C(=O)CN1CC[C@@H](NC(=O)c2ccccc2-n2cccn2)[C@H](O)C1. The summed E-state index contributed by atoms with van der Waals surface area (Å²) in [5.74, 6) is -0.249. The highest BCUT2D eigenvalue weighted by atomic mass is 16.3. The number of para-hydroxylation sites is 1. The van der Waals surface area contributed by atoms with Gasteiger partial charge in [0.1, 0.15) is 0 Å². The summed E-state index contributed by atoms with van der Waals surface area (Å²) in [7, 11) is 3.42. The van der Waals surface area contributed by atoms with E-state index >= 15 is 0 Å². The molecule has 2 amide bonds. The predicted molar refractivity (Wildman–Crippen MR) is 101 cm³/mol. The number of piperidine rings is 1. The van der Waals surface area contributed by atoms with Gasteiger partial charge in [-0.2, -0.15) is 5.10 Å². The van der Waals surface area contributed by atoms with Crippen molar-refractivity contribution in [1.82, 2.24) is 24.9 Å². The monoisotopic (exact) mass is 371 g/mol. The van der Waals surface area contributed by atoms with Crippen molar-refractivity contribution in [3.05, 3.63) is 48.3 Å². The number of carbonyl (C=O) groups is 2. The number of β-amino-alcohol motifs (C(OH)–C–C–N with tert-alkyl or cyclic N) is 1. The van der Waals surface area contributed by atoms with Gasteiger partial charge in [0, 0.05) is 39.6 Å². The zero-order valence-corrected chi connectivity index (χ0v) is 15.6. The van der Waals surface area contributed by atoms with Crippen molar-refractivity contribution < 1.29 is 14.7 Å². The maximum Gasteiger partial charge on any atom is 0.253 e. The highest BCUT2D eigenvalue weighted by molar-refractivity contribution is 5.98. The van der Waals surface area contributed by atoms with Crippen LogP contribution in [0.3, 0.4) is 0 Å². The van der Waals surface area contributed by atoms with Gasteiger partial charge in [0.05, 0.1) is 29.9 Å². The Balaban J connectivity index is 1.64. The lowest BCUT2D eigenvalue weighted by atomic mass is 10.0. The van der Waals surface area contributed by atoms with Crippen LogP contribution in [0.15, 0.2) is 42.7 Å². The van der Waals surface area contributed by atoms with Crippen molar-refractivity contribution in [2.45, 2.75) is 18.6 Å². The van der Waals surface area contributed by atoms with Crippen molar-refractivity contribution >= 4 is 11.8 Å². The van der Waals surface area contributed by atoms with Crippen LogP contribution < -0.4 is 5.32 Å². The average Bonchev–Trinajstić information content (AvgIpc) is 3.18. The summed E-state index contributed by atoms with van der Waals surface area (Å²) in [6.07, 6.45) is 3.29. The first-order chi connectivity index (χ1) is 13.0. The lowest BCUT2D eigenvalue weighted by Gasteiger charge is -2.36. The van der Waals surface area contributed by atoms with E-state index in [0.717, 1.165) is 0 Å². The molecule has 3 rings (SSSR count). The Morgan fingerprint density at radius 2 is 2.07 bits per heavy atom. The minimum absolute atomic E-state index is 0.00200. The topological polar surface area (TPSA) is 90.7 Å². The maximum atomic E-state index is 12.8. The number of nitrogens with zero attached hydrogens (tertiary/aromatic N) is 4. The smallest absolute Gasteiger partial charge is 0.253 e. The molecule has 1 fully saturated rings. The predicted octanol–water partition coefficient (Wildman–Crippen LogP) is 0.126. The zero-order valence-electron chi connectivity index (χ0n) is 15.6. The third-order valence-corrected chi connectivity index (χ3v) is 4.74. The number of likely N-dealkylation sites (N-methyl/N-ethyl adjacent to an activating group) is 1. The number of aliphatic hydroxyl groups excluding tert-OH is 1. The second-order valence-electron chi connectivity index (χ2n) is 6.93. The Labute approximate surface area is 158 Å². The van der Waals surface area contributed by atoms with Crippen LogP contribution in [0.1, 0.15) is 16.8 Å². The summed E-state index contributed by atoms with van der Waals surface area (Å²) in [5, 5.41) is 17.6. The summed E-state index contributed by atoms with van der Waals surface area (Å²) in [6.45, 7) is 1.26. The molecule has 0 unspecified atom stereocenters. The lowest BCUT2D eigenvalue weighted by molar-refractivity contribution is -0.130. The lowest BCUT2D eigenvalue weighted by Crippen LogP contribution is -2.55. The maximum absolute atomic E-state index is 12.8. The number of hydrogen-bond donors (Lipinski definition) is 2. The molecule has 1 saturated heterocycles. The van der Waals surface area contributed by atoms with Crippen LogP contribution in [0.25, 0.3) is 5.69 Å². The molecule has 2 N–H and O–H groups in total. The van der Waals surface area contributed by atoms with E-state index in [4.69, 9.17) is 0 Å². The summed E-state index contributed by atoms with van der Waals surface area (Å²) in [4.78, 5) is 28.1. The van der Waals surface area contributed by atoms with Crippen LogP contribution in [-0.2, 0) is 4.79 Å². The molecule has 0 aliphatic carbocycles.